The second-order valence-electron chi connectivity index (χ2n) is 8.88. The van der Waals surface area contributed by atoms with E-state index in [-0.39, 0.29) is 17.7 Å². The number of carbonyl (C=O) groups is 1. The first-order valence-corrected chi connectivity index (χ1v) is 11.8. The number of aryl methyl sites for hydroxylation is 1. The molecule has 5 nitrogen and oxygen atoms in total. The van der Waals surface area contributed by atoms with Crippen molar-refractivity contribution in [3.63, 3.8) is 0 Å². The van der Waals surface area contributed by atoms with Crippen molar-refractivity contribution in [1.82, 2.24) is 0 Å². The number of methoxy groups -OCH3 is 2. The molecule has 1 heterocycles. The maximum absolute atomic E-state index is 13.7. The second kappa shape index (κ2) is 9.26. The van der Waals surface area contributed by atoms with Crippen LogP contribution < -0.4 is 20.1 Å². The molecule has 5 rings (SSSR count). The number of nitrogens with one attached hydrogen (secondary N) is 2. The molecule has 0 saturated heterocycles. The average Bonchev–Trinajstić information content (AvgIpc) is 3.05. The third kappa shape index (κ3) is 4.03. The number of allylic oxidation sites excluding steroid dienone is 1. The summed E-state index contributed by atoms with van der Waals surface area (Å²) in [7, 11) is 3.27. The minimum atomic E-state index is -0.198. The van der Waals surface area contributed by atoms with E-state index in [0.29, 0.717) is 17.9 Å². The average molecular weight is 455 g/mol. The van der Waals surface area contributed by atoms with Crippen molar-refractivity contribution in [1.29, 1.82) is 0 Å². The minimum absolute atomic E-state index is 0.0620. The Kier molecular flexibility index (Phi) is 6.01. The Bertz CT molecular complexity index is 1250. The molecular weight excluding hydrogens is 424 g/mol. The van der Waals surface area contributed by atoms with Crippen molar-refractivity contribution < 1.29 is 14.3 Å². The van der Waals surface area contributed by atoms with Gasteiger partial charge in [0.2, 0.25) is 0 Å². The van der Waals surface area contributed by atoms with Crippen LogP contribution in [0.1, 0.15) is 48.4 Å². The summed E-state index contributed by atoms with van der Waals surface area (Å²) in [6.07, 6.45) is 2.19. The predicted octanol–water partition coefficient (Wildman–Crippen LogP) is 6.25. The van der Waals surface area contributed by atoms with E-state index in [9.17, 15) is 4.79 Å². The van der Waals surface area contributed by atoms with E-state index >= 15 is 0 Å². The molecule has 1 aliphatic heterocycles. The number of ketones is 1. The van der Waals surface area contributed by atoms with Gasteiger partial charge in [-0.05, 0) is 59.7 Å². The van der Waals surface area contributed by atoms with Crippen molar-refractivity contribution in [3.8, 4) is 11.5 Å². The molecule has 0 unspecified atom stereocenters. The van der Waals surface area contributed by atoms with Crippen LogP contribution in [0.15, 0.2) is 78.0 Å². The second-order valence-corrected chi connectivity index (χ2v) is 8.88. The number of fused-ring (bicyclic) bond motifs is 1. The molecule has 0 radical (unpaired) electrons. The topological polar surface area (TPSA) is 59.6 Å². The maximum atomic E-state index is 13.7. The van der Waals surface area contributed by atoms with Gasteiger partial charge in [-0.3, -0.25) is 4.79 Å². The largest absolute Gasteiger partial charge is 0.493 e. The highest BCUT2D eigenvalue weighted by molar-refractivity contribution is 6.01. The van der Waals surface area contributed by atoms with Crippen LogP contribution in [0.2, 0.25) is 0 Å². The highest BCUT2D eigenvalue weighted by atomic mass is 16.5. The molecule has 0 fully saturated rings. The molecule has 0 aromatic heterocycles. The Balaban J connectivity index is 1.56. The molecule has 2 aliphatic rings. The first-order valence-electron chi connectivity index (χ1n) is 11.8. The minimum Gasteiger partial charge on any atom is -0.493 e. The summed E-state index contributed by atoms with van der Waals surface area (Å²) in [4.78, 5) is 13.7. The highest BCUT2D eigenvalue weighted by Crippen LogP contribution is 2.45. The fraction of sp³-hybridized carbons (Fsp3) is 0.276. The van der Waals surface area contributed by atoms with Gasteiger partial charge in [0.05, 0.1) is 31.6 Å². The number of rotatable bonds is 5. The zero-order valence-corrected chi connectivity index (χ0v) is 19.9. The van der Waals surface area contributed by atoms with Crippen LogP contribution in [0, 0.1) is 0 Å². The van der Waals surface area contributed by atoms with E-state index in [0.717, 1.165) is 46.6 Å². The fourth-order valence-electron chi connectivity index (χ4n) is 5.03. The Labute approximate surface area is 200 Å². The van der Waals surface area contributed by atoms with Gasteiger partial charge in [-0.2, -0.15) is 0 Å². The van der Waals surface area contributed by atoms with E-state index in [1.165, 1.54) is 5.56 Å². The summed E-state index contributed by atoms with van der Waals surface area (Å²) in [5.41, 5.74) is 7.26. The first-order chi connectivity index (χ1) is 16.6. The molecule has 2 atom stereocenters. The van der Waals surface area contributed by atoms with Crippen LogP contribution in [0.4, 0.5) is 11.4 Å². The monoisotopic (exact) mass is 454 g/mol. The van der Waals surface area contributed by atoms with Crippen molar-refractivity contribution in [2.75, 3.05) is 24.9 Å². The third-order valence-electron chi connectivity index (χ3n) is 6.91. The first kappa shape index (κ1) is 22.1. The van der Waals surface area contributed by atoms with Crippen molar-refractivity contribution in [2.45, 2.75) is 38.1 Å². The molecule has 5 heteroatoms. The Hall–Kier alpha value is -3.73. The van der Waals surface area contributed by atoms with Crippen LogP contribution >= 0.6 is 0 Å². The maximum Gasteiger partial charge on any atom is 0.163 e. The standard InChI is InChI=1S/C29H30N2O3/c1-4-18-9-11-19(12-10-18)29-28-24(30-22-7-5-6-8-23(22)31-29)15-21(16-25(28)32)20-13-14-26(33-2)27(17-20)34-3/h5-14,17,21,29-31H,4,15-16H2,1-3H3/t21-,29+/m0/s1. The molecule has 0 bridgehead atoms. The summed E-state index contributed by atoms with van der Waals surface area (Å²) in [5.74, 6) is 1.60. The van der Waals surface area contributed by atoms with Crippen LogP contribution in [0.3, 0.4) is 0 Å². The van der Waals surface area contributed by atoms with Crippen LogP contribution in [0.25, 0.3) is 0 Å². The number of benzene rings is 3. The van der Waals surface area contributed by atoms with E-state index < -0.39 is 0 Å². The highest BCUT2D eigenvalue weighted by Gasteiger charge is 2.36. The van der Waals surface area contributed by atoms with Gasteiger partial charge in [0.15, 0.2) is 17.3 Å². The Morgan fingerprint density at radius 2 is 1.56 bits per heavy atom. The van der Waals surface area contributed by atoms with E-state index in [1.807, 2.05) is 30.3 Å². The van der Waals surface area contributed by atoms with E-state index in [4.69, 9.17) is 9.47 Å². The lowest BCUT2D eigenvalue weighted by Crippen LogP contribution is -2.26. The van der Waals surface area contributed by atoms with Gasteiger partial charge in [-0.1, -0.05) is 49.4 Å². The van der Waals surface area contributed by atoms with Gasteiger partial charge in [0.1, 0.15) is 0 Å². The van der Waals surface area contributed by atoms with E-state index in [2.05, 4.69) is 54.0 Å². The Morgan fingerprint density at radius 3 is 2.26 bits per heavy atom. The summed E-state index contributed by atoms with van der Waals surface area (Å²) in [6, 6.07) is 22.5. The van der Waals surface area contributed by atoms with Gasteiger partial charge in [0.25, 0.3) is 0 Å². The lowest BCUT2D eigenvalue weighted by molar-refractivity contribution is -0.116. The Morgan fingerprint density at radius 1 is 0.853 bits per heavy atom. The predicted molar refractivity (Wildman–Crippen MR) is 136 cm³/mol. The lowest BCUT2D eigenvalue weighted by atomic mass is 9.78. The van der Waals surface area contributed by atoms with Crippen molar-refractivity contribution in [3.05, 3.63) is 94.7 Å². The summed E-state index contributed by atoms with van der Waals surface area (Å²) in [6.45, 7) is 2.15. The van der Waals surface area contributed by atoms with Gasteiger partial charge >= 0.3 is 0 Å². The van der Waals surface area contributed by atoms with E-state index in [1.54, 1.807) is 14.2 Å². The SMILES string of the molecule is CCc1ccc([C@H]2Nc3ccccc3NC3=C2C(=O)C[C@@H](c2ccc(OC)c(OC)c2)C3)cc1. The zero-order valence-electron chi connectivity index (χ0n) is 19.9. The number of Topliss-reactive ketones (excluding diaryl/α,β-unsaturated/α-hetero) is 1. The molecule has 0 saturated carbocycles. The van der Waals surface area contributed by atoms with Crippen LogP contribution in [-0.4, -0.2) is 20.0 Å². The molecule has 0 amide bonds. The van der Waals surface area contributed by atoms with Crippen LogP contribution in [0.5, 0.6) is 11.5 Å². The van der Waals surface area contributed by atoms with Gasteiger partial charge < -0.3 is 20.1 Å². The quantitative estimate of drug-likeness (QED) is 0.477. The van der Waals surface area contributed by atoms with Gasteiger partial charge in [-0.25, -0.2) is 0 Å². The molecule has 1 aliphatic carbocycles. The molecule has 0 spiro atoms. The summed E-state index contributed by atoms with van der Waals surface area (Å²) >= 11 is 0. The number of para-hydroxylation sites is 2. The number of hydrogen-bond donors (Lipinski definition) is 2. The summed E-state index contributed by atoms with van der Waals surface area (Å²) in [5, 5.41) is 7.26. The molecule has 34 heavy (non-hydrogen) atoms. The number of ether oxygens (including phenoxy) is 2. The van der Waals surface area contributed by atoms with Crippen molar-refractivity contribution in [2.24, 2.45) is 0 Å². The molecule has 3 aromatic rings. The van der Waals surface area contributed by atoms with Gasteiger partial charge in [-0.15, -0.1) is 0 Å². The number of anilines is 2. The summed E-state index contributed by atoms with van der Waals surface area (Å²) < 4.78 is 10.9. The molecule has 2 N–H and O–H groups in total. The number of carbonyl (C=O) groups excluding carboxylic acids is 1. The third-order valence-corrected chi connectivity index (χ3v) is 6.91. The molecule has 174 valence electrons. The number of hydrogen-bond acceptors (Lipinski definition) is 5. The lowest BCUT2D eigenvalue weighted by Gasteiger charge is -2.30. The molecule has 3 aromatic carbocycles. The normalized spacial score (nSPS) is 19.3. The van der Waals surface area contributed by atoms with Crippen molar-refractivity contribution >= 4 is 17.2 Å². The smallest absolute Gasteiger partial charge is 0.163 e. The fourth-order valence-corrected chi connectivity index (χ4v) is 5.03. The van der Waals surface area contributed by atoms with Crippen LogP contribution in [-0.2, 0) is 11.2 Å². The zero-order chi connectivity index (χ0) is 23.7. The van der Waals surface area contributed by atoms with Gasteiger partial charge in [0, 0.05) is 17.7 Å². The molecular formula is C29H30N2O3.